The average molecular weight is 348 g/mol. The highest BCUT2D eigenvalue weighted by molar-refractivity contribution is 7.18. The van der Waals surface area contributed by atoms with Crippen molar-refractivity contribution in [1.29, 1.82) is 0 Å². The lowest BCUT2D eigenvalue weighted by molar-refractivity contribution is -0.135. The van der Waals surface area contributed by atoms with Crippen LogP contribution in [0.1, 0.15) is 21.7 Å². The van der Waals surface area contributed by atoms with Crippen LogP contribution in [-0.2, 0) is 10.4 Å². The Bertz CT molecular complexity index is 801. The van der Waals surface area contributed by atoms with Gasteiger partial charge in [-0.05, 0) is 18.2 Å². The van der Waals surface area contributed by atoms with Gasteiger partial charge in [-0.3, -0.25) is 9.59 Å². The van der Waals surface area contributed by atoms with Crippen molar-refractivity contribution in [1.82, 2.24) is 0 Å². The van der Waals surface area contributed by atoms with Gasteiger partial charge < -0.3 is 10.0 Å². The standard InChI is InChI=1S/C17H14ClNO3S/c1-2-9-19-12-6-4-3-5-11(12)17(22,16(19)21)10-13(20)14-7-8-15(18)23-14/h2-8,22H,1,9-10H2. The van der Waals surface area contributed by atoms with Crippen molar-refractivity contribution in [3.05, 3.63) is 63.8 Å². The van der Waals surface area contributed by atoms with Gasteiger partial charge in [0.15, 0.2) is 11.4 Å². The molecule has 118 valence electrons. The third-order valence-electron chi connectivity index (χ3n) is 3.82. The summed E-state index contributed by atoms with van der Waals surface area (Å²) in [7, 11) is 0. The second kappa shape index (κ2) is 5.92. The SMILES string of the molecule is C=CCN1C(=O)C(O)(CC(=O)c2ccc(Cl)s2)c2ccccc21. The maximum atomic E-state index is 12.7. The van der Waals surface area contributed by atoms with Gasteiger partial charge in [0.2, 0.25) is 0 Å². The Morgan fingerprint density at radius 2 is 2.09 bits per heavy atom. The highest BCUT2D eigenvalue weighted by atomic mass is 35.5. The maximum absolute atomic E-state index is 12.7. The summed E-state index contributed by atoms with van der Waals surface area (Å²) in [5.41, 5.74) is -0.799. The van der Waals surface area contributed by atoms with Gasteiger partial charge in [0, 0.05) is 12.1 Å². The first-order chi connectivity index (χ1) is 11.0. The largest absolute Gasteiger partial charge is 0.375 e. The summed E-state index contributed by atoms with van der Waals surface area (Å²) in [5, 5.41) is 11.0. The molecule has 0 saturated heterocycles. The predicted molar refractivity (Wildman–Crippen MR) is 91.2 cm³/mol. The number of rotatable bonds is 5. The van der Waals surface area contributed by atoms with Crippen molar-refractivity contribution < 1.29 is 14.7 Å². The Morgan fingerprint density at radius 1 is 1.35 bits per heavy atom. The molecule has 0 bridgehead atoms. The molecular formula is C17H14ClNO3S. The number of hydrogen-bond donors (Lipinski definition) is 1. The van der Waals surface area contributed by atoms with Gasteiger partial charge in [-0.25, -0.2) is 0 Å². The first kappa shape index (κ1) is 15.9. The van der Waals surface area contributed by atoms with E-state index in [9.17, 15) is 14.7 Å². The number of hydrogen-bond acceptors (Lipinski definition) is 4. The third-order valence-corrected chi connectivity index (χ3v) is 5.09. The average Bonchev–Trinajstić information content (AvgIpc) is 3.05. The van der Waals surface area contributed by atoms with E-state index in [0.29, 0.717) is 20.5 Å². The van der Waals surface area contributed by atoms with Crippen molar-refractivity contribution in [2.45, 2.75) is 12.0 Å². The number of Topliss-reactive ketones (excluding diaryl/α,β-unsaturated/α-hetero) is 1. The Labute approximate surface area is 142 Å². The van der Waals surface area contributed by atoms with E-state index in [4.69, 9.17) is 11.6 Å². The molecule has 2 aromatic rings. The summed E-state index contributed by atoms with van der Waals surface area (Å²) in [6.45, 7) is 3.91. The molecule has 4 nitrogen and oxygen atoms in total. The van der Waals surface area contributed by atoms with Crippen LogP contribution in [-0.4, -0.2) is 23.3 Å². The molecule has 1 aromatic heterocycles. The summed E-state index contributed by atoms with van der Waals surface area (Å²) in [6, 6.07) is 10.2. The van der Waals surface area contributed by atoms with E-state index < -0.39 is 11.5 Å². The van der Waals surface area contributed by atoms with Crippen LogP contribution < -0.4 is 4.90 Å². The number of fused-ring (bicyclic) bond motifs is 1. The smallest absolute Gasteiger partial charge is 0.264 e. The molecule has 1 unspecified atom stereocenters. The van der Waals surface area contributed by atoms with Gasteiger partial charge in [0.25, 0.3) is 5.91 Å². The van der Waals surface area contributed by atoms with Crippen LogP contribution in [0.15, 0.2) is 49.1 Å². The number of anilines is 1. The molecule has 1 amide bonds. The van der Waals surface area contributed by atoms with Crippen LogP contribution in [0.5, 0.6) is 0 Å². The molecule has 0 fully saturated rings. The Morgan fingerprint density at radius 3 is 2.74 bits per heavy atom. The topological polar surface area (TPSA) is 57.6 Å². The van der Waals surface area contributed by atoms with Crippen LogP contribution in [0.3, 0.4) is 0 Å². The number of halogens is 1. The third kappa shape index (κ3) is 2.61. The fraction of sp³-hybridized carbons (Fsp3) is 0.176. The van der Waals surface area contributed by atoms with Gasteiger partial charge in [-0.15, -0.1) is 17.9 Å². The van der Waals surface area contributed by atoms with Gasteiger partial charge in [-0.1, -0.05) is 35.9 Å². The number of para-hydroxylation sites is 1. The normalized spacial score (nSPS) is 19.7. The van der Waals surface area contributed by atoms with E-state index in [1.54, 1.807) is 42.5 Å². The van der Waals surface area contributed by atoms with Crippen LogP contribution in [0, 0.1) is 0 Å². The lowest BCUT2D eigenvalue weighted by Gasteiger charge is -2.21. The first-order valence-electron chi connectivity index (χ1n) is 7.00. The summed E-state index contributed by atoms with van der Waals surface area (Å²) in [6.07, 6.45) is 1.27. The van der Waals surface area contributed by atoms with E-state index in [1.807, 2.05) is 0 Å². The van der Waals surface area contributed by atoms with Crippen LogP contribution >= 0.6 is 22.9 Å². The second-order valence-corrected chi connectivity index (χ2v) is 7.00. The minimum Gasteiger partial charge on any atom is -0.375 e. The van der Waals surface area contributed by atoms with E-state index in [-0.39, 0.29) is 18.7 Å². The Kier molecular flexibility index (Phi) is 4.10. The van der Waals surface area contributed by atoms with Crippen LogP contribution in [0.2, 0.25) is 4.34 Å². The molecule has 0 aliphatic carbocycles. The lowest BCUT2D eigenvalue weighted by atomic mass is 9.89. The molecule has 0 saturated carbocycles. The van der Waals surface area contributed by atoms with Crippen LogP contribution in [0.25, 0.3) is 0 Å². The highest BCUT2D eigenvalue weighted by Crippen LogP contribution is 2.43. The van der Waals surface area contributed by atoms with Crippen molar-refractivity contribution in [2.24, 2.45) is 0 Å². The van der Waals surface area contributed by atoms with Crippen LogP contribution in [0.4, 0.5) is 5.69 Å². The molecule has 1 aliphatic heterocycles. The maximum Gasteiger partial charge on any atom is 0.264 e. The number of thiophene rings is 1. The molecule has 2 heterocycles. The monoisotopic (exact) mass is 347 g/mol. The zero-order valence-electron chi connectivity index (χ0n) is 12.2. The molecule has 1 N–H and O–H groups in total. The number of amides is 1. The molecule has 3 rings (SSSR count). The van der Waals surface area contributed by atoms with E-state index in [0.717, 1.165) is 11.3 Å². The number of ketones is 1. The fourth-order valence-corrected chi connectivity index (χ4v) is 3.75. The summed E-state index contributed by atoms with van der Waals surface area (Å²) >= 11 is 6.98. The molecular weight excluding hydrogens is 334 g/mol. The predicted octanol–water partition coefficient (Wildman–Crippen LogP) is 3.39. The zero-order chi connectivity index (χ0) is 16.6. The van der Waals surface area contributed by atoms with Gasteiger partial charge in [0.05, 0.1) is 21.3 Å². The van der Waals surface area contributed by atoms with Gasteiger partial charge in [0.1, 0.15) is 0 Å². The lowest BCUT2D eigenvalue weighted by Crippen LogP contribution is -2.41. The van der Waals surface area contributed by atoms with Crippen molar-refractivity contribution in [3.63, 3.8) is 0 Å². The molecule has 23 heavy (non-hydrogen) atoms. The summed E-state index contributed by atoms with van der Waals surface area (Å²) in [5.74, 6) is -0.817. The molecule has 6 heteroatoms. The highest BCUT2D eigenvalue weighted by Gasteiger charge is 2.50. The number of carbonyl (C=O) groups excluding carboxylic acids is 2. The van der Waals surface area contributed by atoms with Crippen molar-refractivity contribution in [3.8, 4) is 0 Å². The molecule has 0 spiro atoms. The summed E-state index contributed by atoms with van der Waals surface area (Å²) < 4.78 is 0.492. The minimum absolute atomic E-state index is 0.275. The minimum atomic E-state index is -1.85. The first-order valence-corrected chi connectivity index (χ1v) is 8.20. The number of carbonyl (C=O) groups is 2. The van der Waals surface area contributed by atoms with Crippen molar-refractivity contribution in [2.75, 3.05) is 11.4 Å². The van der Waals surface area contributed by atoms with Gasteiger partial charge in [-0.2, -0.15) is 0 Å². The van der Waals surface area contributed by atoms with Crippen molar-refractivity contribution >= 4 is 40.3 Å². The number of aliphatic hydroxyl groups is 1. The number of nitrogens with zero attached hydrogens (tertiary/aromatic N) is 1. The molecule has 0 radical (unpaired) electrons. The molecule has 1 aromatic carbocycles. The van der Waals surface area contributed by atoms with E-state index >= 15 is 0 Å². The Balaban J connectivity index is 1.98. The van der Waals surface area contributed by atoms with E-state index in [1.165, 1.54) is 4.90 Å². The molecule has 1 atom stereocenters. The Hall–Kier alpha value is -1.95. The van der Waals surface area contributed by atoms with Gasteiger partial charge >= 0.3 is 0 Å². The zero-order valence-corrected chi connectivity index (χ0v) is 13.7. The fourth-order valence-electron chi connectivity index (χ4n) is 2.77. The van der Waals surface area contributed by atoms with E-state index in [2.05, 4.69) is 6.58 Å². The molecule has 1 aliphatic rings. The number of benzene rings is 1. The second-order valence-electron chi connectivity index (χ2n) is 5.29. The summed E-state index contributed by atoms with van der Waals surface area (Å²) in [4.78, 5) is 27.0. The quantitative estimate of drug-likeness (QED) is 0.666.